The molecule has 1 atom stereocenters. The van der Waals surface area contributed by atoms with Crippen molar-refractivity contribution in [1.29, 1.82) is 0 Å². The van der Waals surface area contributed by atoms with Crippen molar-refractivity contribution >= 4 is 23.9 Å². The number of carbonyl (C=O) groups excluding carboxylic acids is 4. The van der Waals surface area contributed by atoms with Gasteiger partial charge < -0.3 is 28.6 Å². The number of benzene rings is 1. The van der Waals surface area contributed by atoms with Crippen LogP contribution in [0, 0.1) is 0 Å². The number of nitrogens with zero attached hydrogens (tertiary/aromatic N) is 3. The van der Waals surface area contributed by atoms with E-state index in [0.717, 1.165) is 5.56 Å². The maximum Gasteiger partial charge on any atom is 0.409 e. The predicted octanol–water partition coefficient (Wildman–Crippen LogP) is 3.55. The molecule has 1 saturated heterocycles. The summed E-state index contributed by atoms with van der Waals surface area (Å²) in [6, 6.07) is 12.7. The van der Waals surface area contributed by atoms with E-state index in [2.05, 4.69) is 0 Å². The number of ether oxygens (including phenoxy) is 2. The van der Waals surface area contributed by atoms with Crippen LogP contribution in [0.15, 0.2) is 58.2 Å². The quantitative estimate of drug-likeness (QED) is 0.511. The lowest BCUT2D eigenvalue weighted by molar-refractivity contribution is -0.140. The van der Waals surface area contributed by atoms with Crippen LogP contribution in [0.25, 0.3) is 0 Å². The van der Waals surface area contributed by atoms with E-state index in [1.165, 1.54) is 4.90 Å². The standard InChI is InChI=1S/C28H33N3O7/c1-4-36-27(34)25-19(3)31(24(32)17-22(25)20-9-7-6-8-10-20)18-21-11-12-23(38-21)26(33)29-13-15-30(16-14-29)28(35)37-5-2/h6-12,22H,4-5,13-18H2,1-3H3. The summed E-state index contributed by atoms with van der Waals surface area (Å²) in [7, 11) is 0. The molecule has 0 N–H and O–H groups in total. The second-order valence-corrected chi connectivity index (χ2v) is 9.11. The van der Waals surface area contributed by atoms with E-state index in [9.17, 15) is 19.2 Å². The molecule has 3 amide bonds. The highest BCUT2D eigenvalue weighted by atomic mass is 16.6. The van der Waals surface area contributed by atoms with Crippen molar-refractivity contribution < 1.29 is 33.1 Å². The molecule has 4 rings (SSSR count). The Kier molecular flexibility index (Phi) is 8.50. The topological polar surface area (TPSA) is 110 Å². The summed E-state index contributed by atoms with van der Waals surface area (Å²) in [5.41, 5.74) is 1.82. The fourth-order valence-corrected chi connectivity index (χ4v) is 4.84. The first-order valence-electron chi connectivity index (χ1n) is 12.9. The molecule has 3 heterocycles. The molecule has 1 fully saturated rings. The Morgan fingerprint density at radius 1 is 0.921 bits per heavy atom. The smallest absolute Gasteiger partial charge is 0.409 e. The first kappa shape index (κ1) is 27.0. The van der Waals surface area contributed by atoms with Gasteiger partial charge in [-0.2, -0.15) is 0 Å². The maximum atomic E-state index is 13.2. The molecule has 1 aromatic carbocycles. The molecule has 0 saturated carbocycles. The van der Waals surface area contributed by atoms with E-state index < -0.39 is 11.9 Å². The Balaban J connectivity index is 1.49. The zero-order valence-electron chi connectivity index (χ0n) is 22.0. The van der Waals surface area contributed by atoms with E-state index in [1.807, 2.05) is 30.3 Å². The third-order valence-electron chi connectivity index (χ3n) is 6.80. The van der Waals surface area contributed by atoms with E-state index in [-0.39, 0.29) is 43.2 Å². The fraction of sp³-hybridized carbons (Fsp3) is 0.429. The van der Waals surface area contributed by atoms with Gasteiger partial charge in [0.1, 0.15) is 5.76 Å². The van der Waals surface area contributed by atoms with Crippen molar-refractivity contribution in [3.8, 4) is 0 Å². The summed E-state index contributed by atoms with van der Waals surface area (Å²) >= 11 is 0. The molecular formula is C28H33N3O7. The van der Waals surface area contributed by atoms with Crippen molar-refractivity contribution in [1.82, 2.24) is 14.7 Å². The Morgan fingerprint density at radius 2 is 1.58 bits per heavy atom. The van der Waals surface area contributed by atoms with Crippen LogP contribution in [-0.2, 0) is 25.6 Å². The average Bonchev–Trinajstić information content (AvgIpc) is 3.40. The van der Waals surface area contributed by atoms with Gasteiger partial charge in [-0.05, 0) is 38.5 Å². The largest absolute Gasteiger partial charge is 0.463 e. The van der Waals surface area contributed by atoms with Gasteiger partial charge in [-0.15, -0.1) is 0 Å². The Labute approximate surface area is 221 Å². The van der Waals surface area contributed by atoms with Crippen LogP contribution in [0.2, 0.25) is 0 Å². The van der Waals surface area contributed by atoms with Gasteiger partial charge in [-0.3, -0.25) is 9.59 Å². The van der Waals surface area contributed by atoms with Crippen LogP contribution in [0.1, 0.15) is 55.0 Å². The monoisotopic (exact) mass is 523 g/mol. The molecule has 2 aliphatic heterocycles. The van der Waals surface area contributed by atoms with Crippen LogP contribution in [0.5, 0.6) is 0 Å². The van der Waals surface area contributed by atoms with Crippen molar-refractivity contribution in [3.63, 3.8) is 0 Å². The summed E-state index contributed by atoms with van der Waals surface area (Å²) < 4.78 is 16.2. The van der Waals surface area contributed by atoms with E-state index in [1.54, 1.807) is 42.7 Å². The lowest BCUT2D eigenvalue weighted by Crippen LogP contribution is -2.50. The van der Waals surface area contributed by atoms with E-state index in [0.29, 0.717) is 49.8 Å². The molecule has 202 valence electrons. The van der Waals surface area contributed by atoms with Gasteiger partial charge in [0.15, 0.2) is 5.76 Å². The highest BCUT2D eigenvalue weighted by Crippen LogP contribution is 2.37. The molecule has 38 heavy (non-hydrogen) atoms. The zero-order chi connectivity index (χ0) is 27.2. The SMILES string of the molecule is CCOC(=O)C1=C(C)N(Cc2ccc(C(=O)N3CCN(C(=O)OCC)CC3)o2)C(=O)CC1c1ccccc1. The van der Waals surface area contributed by atoms with Gasteiger partial charge >= 0.3 is 12.1 Å². The second kappa shape index (κ2) is 12.0. The van der Waals surface area contributed by atoms with Gasteiger partial charge in [-0.25, -0.2) is 9.59 Å². The highest BCUT2D eigenvalue weighted by Gasteiger charge is 2.37. The predicted molar refractivity (Wildman–Crippen MR) is 137 cm³/mol. The summed E-state index contributed by atoms with van der Waals surface area (Å²) in [6.07, 6.45) is -0.265. The van der Waals surface area contributed by atoms with Crippen molar-refractivity contribution in [3.05, 3.63) is 70.8 Å². The Hall–Kier alpha value is -4.08. The minimum absolute atomic E-state index is 0.0823. The first-order chi connectivity index (χ1) is 18.3. The number of hydrogen-bond donors (Lipinski definition) is 0. The number of furan rings is 1. The number of rotatable bonds is 7. The molecule has 0 spiro atoms. The minimum Gasteiger partial charge on any atom is -0.463 e. The van der Waals surface area contributed by atoms with Gasteiger partial charge in [0.25, 0.3) is 5.91 Å². The molecular weight excluding hydrogens is 490 g/mol. The number of esters is 1. The molecule has 0 aliphatic carbocycles. The van der Waals surface area contributed by atoms with Gasteiger partial charge in [0, 0.05) is 44.2 Å². The molecule has 2 aliphatic rings. The third kappa shape index (κ3) is 5.74. The summed E-state index contributed by atoms with van der Waals surface area (Å²) in [4.78, 5) is 55.8. The minimum atomic E-state index is -0.450. The summed E-state index contributed by atoms with van der Waals surface area (Å²) in [5, 5.41) is 0. The van der Waals surface area contributed by atoms with Gasteiger partial charge in [0.2, 0.25) is 5.91 Å². The fourth-order valence-electron chi connectivity index (χ4n) is 4.84. The number of allylic oxidation sites excluding steroid dienone is 1. The number of piperazine rings is 1. The molecule has 2 aromatic rings. The number of carbonyl (C=O) groups is 4. The normalized spacial score (nSPS) is 18.0. The van der Waals surface area contributed by atoms with Crippen molar-refractivity contribution in [2.24, 2.45) is 0 Å². The first-order valence-corrected chi connectivity index (χ1v) is 12.9. The lowest BCUT2D eigenvalue weighted by atomic mass is 9.83. The lowest BCUT2D eigenvalue weighted by Gasteiger charge is -2.34. The van der Waals surface area contributed by atoms with Crippen LogP contribution in [0.4, 0.5) is 4.79 Å². The summed E-state index contributed by atoms with van der Waals surface area (Å²) in [5.74, 6) is -0.706. The molecule has 10 heteroatoms. The average molecular weight is 524 g/mol. The van der Waals surface area contributed by atoms with Crippen LogP contribution >= 0.6 is 0 Å². The van der Waals surface area contributed by atoms with Crippen LogP contribution in [-0.4, -0.2) is 78.0 Å². The second-order valence-electron chi connectivity index (χ2n) is 9.11. The van der Waals surface area contributed by atoms with Crippen LogP contribution < -0.4 is 0 Å². The van der Waals surface area contributed by atoms with Gasteiger partial charge in [-0.1, -0.05) is 30.3 Å². The molecule has 0 radical (unpaired) electrons. The van der Waals surface area contributed by atoms with Gasteiger partial charge in [0.05, 0.1) is 25.3 Å². The molecule has 10 nitrogen and oxygen atoms in total. The molecule has 1 aromatic heterocycles. The molecule has 1 unspecified atom stereocenters. The van der Waals surface area contributed by atoms with Crippen molar-refractivity contribution in [2.75, 3.05) is 39.4 Å². The van der Waals surface area contributed by atoms with Crippen molar-refractivity contribution in [2.45, 2.75) is 39.7 Å². The molecule has 0 bridgehead atoms. The Morgan fingerprint density at radius 3 is 2.24 bits per heavy atom. The number of amides is 3. The van der Waals surface area contributed by atoms with E-state index >= 15 is 0 Å². The highest BCUT2D eigenvalue weighted by molar-refractivity contribution is 5.96. The number of hydrogen-bond acceptors (Lipinski definition) is 7. The maximum absolute atomic E-state index is 13.2. The van der Waals surface area contributed by atoms with Crippen LogP contribution in [0.3, 0.4) is 0 Å². The zero-order valence-corrected chi connectivity index (χ0v) is 22.0. The van der Waals surface area contributed by atoms with E-state index in [4.69, 9.17) is 13.9 Å². The Bertz CT molecular complexity index is 1210. The summed E-state index contributed by atoms with van der Waals surface area (Å²) in [6.45, 7) is 7.32. The third-order valence-corrected chi connectivity index (χ3v) is 6.80.